The van der Waals surface area contributed by atoms with E-state index < -0.39 is 29.8 Å². The summed E-state index contributed by atoms with van der Waals surface area (Å²) in [5.41, 5.74) is -0.895. The summed E-state index contributed by atoms with van der Waals surface area (Å²) in [4.78, 5) is 22.9. The molecular weight excluding hydrogens is 421 g/mol. The molecule has 2 rings (SSSR count). The zero-order chi connectivity index (χ0) is 19.3. The number of hydrogen-bond donors (Lipinski definition) is 3. The molecule has 26 heavy (non-hydrogen) atoms. The van der Waals surface area contributed by atoms with Crippen molar-refractivity contribution >= 4 is 27.9 Å². The molecule has 1 aromatic carbocycles. The van der Waals surface area contributed by atoms with Crippen LogP contribution in [0.4, 0.5) is 18.0 Å². The molecule has 140 valence electrons. The highest BCUT2D eigenvalue weighted by Crippen LogP contribution is 2.32. The fourth-order valence-electron chi connectivity index (χ4n) is 2.31. The van der Waals surface area contributed by atoms with Gasteiger partial charge in [-0.15, -0.1) is 0 Å². The standard InChI is InChI=1S/C16H14BrF3N2O4/c17-10-6-13(26-8-10)14(23)22-11(7-21-15(24)25)5-9-3-1-2-4-12(9)16(18,19)20/h1-4,6,8,11,21H,5,7H2,(H,22,23)(H,24,25)/t11-/m0/s1. The predicted molar refractivity (Wildman–Crippen MR) is 88.8 cm³/mol. The second-order valence-electron chi connectivity index (χ2n) is 5.34. The first kappa shape index (κ1) is 19.8. The SMILES string of the molecule is O=C(O)NC[C@H](Cc1ccccc1C(F)(F)F)NC(=O)c1cc(Br)co1. The zero-order valence-electron chi connectivity index (χ0n) is 13.1. The van der Waals surface area contributed by atoms with E-state index in [1.807, 2.05) is 0 Å². The molecule has 1 aromatic heterocycles. The average molecular weight is 435 g/mol. The summed E-state index contributed by atoms with van der Waals surface area (Å²) in [6.07, 6.45) is -4.85. The summed E-state index contributed by atoms with van der Waals surface area (Å²) in [5.74, 6) is -0.723. The number of rotatable bonds is 6. The maximum atomic E-state index is 13.1. The number of carbonyl (C=O) groups excluding carboxylic acids is 1. The number of alkyl halides is 3. The maximum Gasteiger partial charge on any atom is 0.416 e. The van der Waals surface area contributed by atoms with Gasteiger partial charge in [-0.25, -0.2) is 4.79 Å². The van der Waals surface area contributed by atoms with Crippen LogP contribution in [-0.4, -0.2) is 29.7 Å². The zero-order valence-corrected chi connectivity index (χ0v) is 14.7. The molecule has 3 N–H and O–H groups in total. The van der Waals surface area contributed by atoms with Crippen LogP contribution in [-0.2, 0) is 12.6 Å². The Morgan fingerprint density at radius 1 is 1.27 bits per heavy atom. The molecule has 0 bridgehead atoms. The second-order valence-corrected chi connectivity index (χ2v) is 6.26. The van der Waals surface area contributed by atoms with Gasteiger partial charge in [0.15, 0.2) is 5.76 Å². The highest BCUT2D eigenvalue weighted by atomic mass is 79.9. The van der Waals surface area contributed by atoms with Crippen molar-refractivity contribution in [1.82, 2.24) is 10.6 Å². The topological polar surface area (TPSA) is 91.6 Å². The highest BCUT2D eigenvalue weighted by Gasteiger charge is 2.33. The molecule has 0 saturated heterocycles. The van der Waals surface area contributed by atoms with Crippen molar-refractivity contribution in [1.29, 1.82) is 0 Å². The third kappa shape index (κ3) is 5.51. The van der Waals surface area contributed by atoms with E-state index in [-0.39, 0.29) is 24.3 Å². The van der Waals surface area contributed by atoms with Crippen LogP contribution in [0.25, 0.3) is 0 Å². The van der Waals surface area contributed by atoms with Crippen molar-refractivity contribution < 1.29 is 32.3 Å². The molecule has 0 radical (unpaired) electrons. The number of carbonyl (C=O) groups is 2. The number of furan rings is 1. The van der Waals surface area contributed by atoms with Gasteiger partial charge in [-0.1, -0.05) is 18.2 Å². The minimum absolute atomic E-state index is 0.0543. The van der Waals surface area contributed by atoms with Gasteiger partial charge in [0, 0.05) is 12.6 Å². The van der Waals surface area contributed by atoms with Crippen LogP contribution in [0, 0.1) is 0 Å². The van der Waals surface area contributed by atoms with E-state index in [0.29, 0.717) is 4.47 Å². The Kier molecular flexibility index (Phi) is 6.30. The first-order chi connectivity index (χ1) is 12.2. The average Bonchev–Trinajstić information content (AvgIpc) is 2.98. The Bertz CT molecular complexity index is 792. The molecule has 0 aliphatic carbocycles. The van der Waals surface area contributed by atoms with Gasteiger partial charge >= 0.3 is 12.3 Å². The van der Waals surface area contributed by atoms with Crippen LogP contribution < -0.4 is 10.6 Å². The van der Waals surface area contributed by atoms with Crippen molar-refractivity contribution in [2.75, 3.05) is 6.54 Å². The number of amides is 2. The van der Waals surface area contributed by atoms with Crippen molar-refractivity contribution in [2.24, 2.45) is 0 Å². The summed E-state index contributed by atoms with van der Waals surface area (Å²) >= 11 is 3.11. The molecule has 2 aromatic rings. The summed E-state index contributed by atoms with van der Waals surface area (Å²) in [5, 5.41) is 13.3. The smallest absolute Gasteiger partial charge is 0.416 e. The summed E-state index contributed by atoms with van der Waals surface area (Å²) < 4.78 is 44.9. The lowest BCUT2D eigenvalue weighted by molar-refractivity contribution is -0.138. The first-order valence-corrected chi connectivity index (χ1v) is 8.13. The Morgan fingerprint density at radius 2 is 1.96 bits per heavy atom. The van der Waals surface area contributed by atoms with E-state index in [9.17, 15) is 22.8 Å². The van der Waals surface area contributed by atoms with Crippen LogP contribution in [0.15, 0.2) is 45.5 Å². The third-order valence-corrected chi connectivity index (χ3v) is 3.83. The monoisotopic (exact) mass is 434 g/mol. The Balaban J connectivity index is 2.20. The normalized spacial score (nSPS) is 12.5. The highest BCUT2D eigenvalue weighted by molar-refractivity contribution is 9.10. The predicted octanol–water partition coefficient (Wildman–Crippen LogP) is 3.67. The van der Waals surface area contributed by atoms with Gasteiger partial charge in [-0.2, -0.15) is 13.2 Å². The van der Waals surface area contributed by atoms with Crippen LogP contribution >= 0.6 is 15.9 Å². The molecule has 2 amide bonds. The molecule has 0 saturated carbocycles. The van der Waals surface area contributed by atoms with E-state index in [0.717, 1.165) is 6.07 Å². The molecule has 0 aliphatic heterocycles. The van der Waals surface area contributed by atoms with Crippen LogP contribution in [0.3, 0.4) is 0 Å². The van der Waals surface area contributed by atoms with Crippen LogP contribution in [0.1, 0.15) is 21.7 Å². The molecule has 0 spiro atoms. The van der Waals surface area contributed by atoms with Gasteiger partial charge in [-0.3, -0.25) is 4.79 Å². The van der Waals surface area contributed by atoms with E-state index in [1.165, 1.54) is 30.5 Å². The molecule has 1 atom stereocenters. The van der Waals surface area contributed by atoms with E-state index in [1.54, 1.807) is 0 Å². The van der Waals surface area contributed by atoms with Gasteiger partial charge in [-0.05, 0) is 34.0 Å². The van der Waals surface area contributed by atoms with Gasteiger partial charge < -0.3 is 20.2 Å². The second kappa shape index (κ2) is 8.26. The van der Waals surface area contributed by atoms with Crippen molar-refractivity contribution in [2.45, 2.75) is 18.6 Å². The summed E-state index contributed by atoms with van der Waals surface area (Å²) in [7, 11) is 0. The van der Waals surface area contributed by atoms with Crippen molar-refractivity contribution in [3.05, 3.63) is 58.0 Å². The number of nitrogens with one attached hydrogen (secondary N) is 2. The molecular formula is C16H14BrF3N2O4. The van der Waals surface area contributed by atoms with Gasteiger partial charge in [0.05, 0.1) is 16.1 Å². The van der Waals surface area contributed by atoms with E-state index >= 15 is 0 Å². The van der Waals surface area contributed by atoms with Crippen LogP contribution in [0.5, 0.6) is 0 Å². The Hall–Kier alpha value is -2.49. The largest absolute Gasteiger partial charge is 0.465 e. The lowest BCUT2D eigenvalue weighted by Gasteiger charge is -2.20. The van der Waals surface area contributed by atoms with Crippen molar-refractivity contribution in [3.63, 3.8) is 0 Å². The number of carboxylic acid groups (broad SMARTS) is 1. The lowest BCUT2D eigenvalue weighted by atomic mass is 9.99. The fourth-order valence-corrected chi connectivity index (χ4v) is 2.62. The molecule has 6 nitrogen and oxygen atoms in total. The van der Waals surface area contributed by atoms with Crippen molar-refractivity contribution in [3.8, 4) is 0 Å². The first-order valence-electron chi connectivity index (χ1n) is 7.33. The van der Waals surface area contributed by atoms with Gasteiger partial charge in [0.2, 0.25) is 0 Å². The molecule has 0 fully saturated rings. The Labute approximate surface area is 154 Å². The summed E-state index contributed by atoms with van der Waals surface area (Å²) in [6.45, 7) is -0.269. The summed E-state index contributed by atoms with van der Waals surface area (Å²) in [6, 6.07) is 5.40. The van der Waals surface area contributed by atoms with Gasteiger partial charge in [0.1, 0.15) is 6.26 Å². The minimum Gasteiger partial charge on any atom is -0.465 e. The molecule has 0 unspecified atom stereocenters. The lowest BCUT2D eigenvalue weighted by Crippen LogP contribution is -2.44. The van der Waals surface area contributed by atoms with E-state index in [2.05, 4.69) is 26.6 Å². The molecule has 1 heterocycles. The van der Waals surface area contributed by atoms with E-state index in [4.69, 9.17) is 9.52 Å². The fraction of sp³-hybridized carbons (Fsp3) is 0.250. The Morgan fingerprint density at radius 3 is 2.54 bits per heavy atom. The number of benzene rings is 1. The third-order valence-electron chi connectivity index (χ3n) is 3.42. The molecule has 10 heteroatoms. The van der Waals surface area contributed by atoms with Crippen LogP contribution in [0.2, 0.25) is 0 Å². The number of hydrogen-bond acceptors (Lipinski definition) is 3. The maximum absolute atomic E-state index is 13.1. The minimum atomic E-state index is -4.56. The van der Waals surface area contributed by atoms with Gasteiger partial charge in [0.25, 0.3) is 5.91 Å². The molecule has 0 aliphatic rings. The quantitative estimate of drug-likeness (QED) is 0.646. The number of halogens is 4.